The zero-order valence-corrected chi connectivity index (χ0v) is 20.3. The van der Waals surface area contributed by atoms with E-state index in [1.165, 1.54) is 17.5 Å². The molecule has 0 aliphatic rings. The number of aromatic nitrogens is 3. The van der Waals surface area contributed by atoms with Gasteiger partial charge in [-0.05, 0) is 17.7 Å². The van der Waals surface area contributed by atoms with Crippen molar-refractivity contribution in [3.63, 3.8) is 0 Å². The number of amidine groups is 1. The van der Waals surface area contributed by atoms with E-state index < -0.39 is 16.0 Å². The Morgan fingerprint density at radius 1 is 1.14 bits per heavy atom. The Labute approximate surface area is 210 Å². The topological polar surface area (TPSA) is 205 Å². The van der Waals surface area contributed by atoms with Crippen molar-refractivity contribution < 1.29 is 18.3 Å². The minimum atomic E-state index is -3.83. The number of primary sulfonamides is 1. The number of rotatable bonds is 8. The minimum absolute atomic E-state index is 0.000629. The molecular formula is C22H22N8O4S2. The summed E-state index contributed by atoms with van der Waals surface area (Å²) in [5.41, 5.74) is 5.98. The van der Waals surface area contributed by atoms with Crippen molar-refractivity contribution in [3.05, 3.63) is 82.5 Å². The molecule has 0 spiro atoms. The average Bonchev–Trinajstić information content (AvgIpc) is 3.48. The Morgan fingerprint density at radius 2 is 1.83 bits per heavy atom. The van der Waals surface area contributed by atoms with Crippen LogP contribution in [0.5, 0.6) is 0 Å². The van der Waals surface area contributed by atoms with Crippen molar-refractivity contribution >= 4 is 33.2 Å². The average molecular weight is 527 g/mol. The molecule has 2 heterocycles. The molecule has 12 nitrogen and oxygen atoms in total. The van der Waals surface area contributed by atoms with E-state index in [0.717, 1.165) is 28.0 Å². The van der Waals surface area contributed by atoms with Gasteiger partial charge in [-0.1, -0.05) is 42.5 Å². The molecule has 36 heavy (non-hydrogen) atoms. The summed E-state index contributed by atoms with van der Waals surface area (Å²) < 4.78 is 24.9. The molecule has 14 heteroatoms. The number of carboxylic acids is 1. The summed E-state index contributed by atoms with van der Waals surface area (Å²) in [6.07, 6.45) is 0.490. The maximum Gasteiger partial charge on any atom is 0.355 e. The van der Waals surface area contributed by atoms with Crippen molar-refractivity contribution in [3.8, 4) is 16.4 Å². The second kappa shape index (κ2) is 10.2. The molecule has 2 aromatic heterocycles. The summed E-state index contributed by atoms with van der Waals surface area (Å²) in [5, 5.41) is 24.8. The highest BCUT2D eigenvalue weighted by Gasteiger charge is 2.24. The molecule has 0 saturated heterocycles. The number of nitrogens with two attached hydrogens (primary N) is 3. The van der Waals surface area contributed by atoms with Crippen molar-refractivity contribution in [1.82, 2.24) is 20.2 Å². The van der Waals surface area contributed by atoms with Gasteiger partial charge in [0.2, 0.25) is 15.2 Å². The maximum absolute atomic E-state index is 11.7. The molecule has 186 valence electrons. The van der Waals surface area contributed by atoms with Crippen molar-refractivity contribution in [2.24, 2.45) is 21.9 Å². The SMILES string of the molecule is N/N=C(/Cc1c(Cc2ccc(S(N)(=O)=O)cc2)c(-c2ccccc2)nn1-c1nc(C(=O)O)cs1)NN. The minimum Gasteiger partial charge on any atom is -0.476 e. The van der Waals surface area contributed by atoms with Crippen LogP contribution in [0.2, 0.25) is 0 Å². The normalized spacial score (nSPS) is 12.0. The van der Waals surface area contributed by atoms with E-state index in [0.29, 0.717) is 22.9 Å². The van der Waals surface area contributed by atoms with Crippen LogP contribution < -0.4 is 22.3 Å². The zero-order chi connectivity index (χ0) is 25.9. The van der Waals surface area contributed by atoms with Crippen LogP contribution in [0.1, 0.15) is 27.3 Å². The van der Waals surface area contributed by atoms with Crippen LogP contribution in [0, 0.1) is 0 Å². The molecule has 0 bridgehead atoms. The fourth-order valence-corrected chi connectivity index (χ4v) is 4.88. The van der Waals surface area contributed by atoms with Crippen molar-refractivity contribution in [1.29, 1.82) is 0 Å². The lowest BCUT2D eigenvalue weighted by molar-refractivity contribution is 0.0691. The zero-order valence-electron chi connectivity index (χ0n) is 18.7. The van der Waals surface area contributed by atoms with Crippen LogP contribution in [0.15, 0.2) is 70.0 Å². The lowest BCUT2D eigenvalue weighted by atomic mass is 9.97. The third-order valence-corrected chi connectivity index (χ3v) is 7.06. The molecule has 0 unspecified atom stereocenters. The molecule has 0 saturated carbocycles. The fourth-order valence-electron chi connectivity index (χ4n) is 3.59. The van der Waals surface area contributed by atoms with Crippen LogP contribution in [-0.2, 0) is 22.9 Å². The molecule has 0 atom stereocenters. The molecule has 4 rings (SSSR count). The van der Waals surface area contributed by atoms with Gasteiger partial charge in [-0.2, -0.15) is 10.2 Å². The van der Waals surface area contributed by atoms with E-state index in [9.17, 15) is 18.3 Å². The largest absolute Gasteiger partial charge is 0.476 e. The summed E-state index contributed by atoms with van der Waals surface area (Å²) in [6, 6.07) is 15.6. The number of sulfonamides is 1. The predicted octanol–water partition coefficient (Wildman–Crippen LogP) is 1.21. The molecule has 0 fully saturated rings. The first-order chi connectivity index (χ1) is 17.2. The van der Waals surface area contributed by atoms with E-state index in [-0.39, 0.29) is 22.8 Å². The molecule has 0 aliphatic carbocycles. The van der Waals surface area contributed by atoms with Gasteiger partial charge in [0, 0.05) is 22.9 Å². The molecule has 2 aromatic carbocycles. The third-order valence-electron chi connectivity index (χ3n) is 5.32. The Morgan fingerprint density at radius 3 is 2.39 bits per heavy atom. The lowest BCUT2D eigenvalue weighted by Gasteiger charge is -2.10. The van der Waals surface area contributed by atoms with Gasteiger partial charge in [0.25, 0.3) is 0 Å². The Kier molecular flexibility index (Phi) is 7.12. The van der Waals surface area contributed by atoms with E-state index >= 15 is 0 Å². The number of carbonyl (C=O) groups is 1. The molecule has 0 aliphatic heterocycles. The standard InChI is InChI=1S/C22H22N8O4S2/c23-27-19(28-24)11-18-16(10-13-6-8-15(9-7-13)36(25,33)34)20(14-4-2-1-3-5-14)29-30(18)22-26-17(12-35-22)21(31)32/h1-9,12H,10-11,23-24H2,(H,27,28)(H,31,32)(H2,25,33,34). The maximum atomic E-state index is 11.7. The molecule has 0 radical (unpaired) electrons. The van der Waals surface area contributed by atoms with Gasteiger partial charge in [-0.15, -0.1) is 11.3 Å². The number of benzene rings is 2. The van der Waals surface area contributed by atoms with Gasteiger partial charge < -0.3 is 16.4 Å². The molecule has 4 aromatic rings. The number of nitrogens with zero attached hydrogens (tertiary/aromatic N) is 4. The summed E-state index contributed by atoms with van der Waals surface area (Å²) in [5.74, 6) is 10.2. The monoisotopic (exact) mass is 526 g/mol. The Balaban J connectivity index is 1.91. The summed E-state index contributed by atoms with van der Waals surface area (Å²) in [7, 11) is -3.83. The van der Waals surface area contributed by atoms with Crippen LogP contribution in [0.3, 0.4) is 0 Å². The first-order valence-electron chi connectivity index (χ1n) is 10.4. The van der Waals surface area contributed by atoms with Gasteiger partial charge in [-0.25, -0.2) is 33.9 Å². The number of aromatic carboxylic acids is 1. The second-order valence-electron chi connectivity index (χ2n) is 7.63. The molecule has 0 amide bonds. The van der Waals surface area contributed by atoms with Crippen LogP contribution >= 0.6 is 11.3 Å². The van der Waals surface area contributed by atoms with Gasteiger partial charge in [-0.3, -0.25) is 0 Å². The van der Waals surface area contributed by atoms with Gasteiger partial charge >= 0.3 is 5.97 Å². The second-order valence-corrected chi connectivity index (χ2v) is 10.0. The summed E-state index contributed by atoms with van der Waals surface area (Å²) >= 11 is 1.12. The number of thiazole rings is 1. The van der Waals surface area contributed by atoms with Crippen LogP contribution in [0.25, 0.3) is 16.4 Å². The Bertz CT molecular complexity index is 1530. The first-order valence-corrected chi connectivity index (χ1v) is 12.8. The van der Waals surface area contributed by atoms with Crippen molar-refractivity contribution in [2.45, 2.75) is 17.7 Å². The van der Waals surface area contributed by atoms with Crippen molar-refractivity contribution in [2.75, 3.05) is 0 Å². The Hall–Kier alpha value is -4.11. The van der Waals surface area contributed by atoms with Crippen LogP contribution in [-0.4, -0.2) is 40.1 Å². The number of hydrazone groups is 1. The van der Waals surface area contributed by atoms with E-state index in [2.05, 4.69) is 15.5 Å². The summed E-state index contributed by atoms with van der Waals surface area (Å²) in [4.78, 5) is 15.6. The molecule has 8 N–H and O–H groups in total. The number of carboxylic acid groups (broad SMARTS) is 1. The van der Waals surface area contributed by atoms with Gasteiger partial charge in [0.15, 0.2) is 5.69 Å². The third kappa shape index (κ3) is 5.26. The van der Waals surface area contributed by atoms with Gasteiger partial charge in [0.1, 0.15) is 5.84 Å². The number of hydrogen-bond donors (Lipinski definition) is 5. The highest BCUT2D eigenvalue weighted by molar-refractivity contribution is 7.89. The predicted molar refractivity (Wildman–Crippen MR) is 135 cm³/mol. The first kappa shape index (κ1) is 25.0. The lowest BCUT2D eigenvalue weighted by Crippen LogP contribution is -2.33. The number of hydrogen-bond acceptors (Lipinski definition) is 9. The number of hydrazine groups is 1. The van der Waals surface area contributed by atoms with E-state index in [1.54, 1.807) is 16.8 Å². The van der Waals surface area contributed by atoms with E-state index in [1.807, 2.05) is 30.3 Å². The molecular weight excluding hydrogens is 504 g/mol. The highest BCUT2D eigenvalue weighted by Crippen LogP contribution is 2.31. The summed E-state index contributed by atoms with van der Waals surface area (Å²) in [6.45, 7) is 0. The highest BCUT2D eigenvalue weighted by atomic mass is 32.2. The fraction of sp³-hybridized carbons (Fsp3) is 0.0909. The quantitative estimate of drug-likeness (QED) is 0.0966. The van der Waals surface area contributed by atoms with E-state index in [4.69, 9.17) is 21.9 Å². The van der Waals surface area contributed by atoms with Crippen LogP contribution in [0.4, 0.5) is 0 Å². The number of nitrogens with one attached hydrogen (secondary N) is 1. The van der Waals surface area contributed by atoms with Gasteiger partial charge in [0.05, 0.1) is 22.7 Å². The smallest absolute Gasteiger partial charge is 0.355 e.